The first-order valence-corrected chi connectivity index (χ1v) is 8.73. The molecule has 1 fully saturated rings. The van der Waals surface area contributed by atoms with Crippen molar-refractivity contribution in [1.29, 1.82) is 0 Å². The van der Waals surface area contributed by atoms with Crippen LogP contribution in [0, 0.1) is 0 Å². The van der Waals surface area contributed by atoms with Crippen LogP contribution in [0.15, 0.2) is 53.0 Å². The molecule has 5 heteroatoms. The molecule has 2 atom stereocenters. The molecular formula is C18H17BrClNO2. The molecule has 0 spiro atoms. The largest absolute Gasteiger partial charge is 0.480 e. The highest BCUT2D eigenvalue weighted by Crippen LogP contribution is 2.36. The van der Waals surface area contributed by atoms with E-state index in [9.17, 15) is 9.90 Å². The normalized spacial score (nSPS) is 19.7. The third kappa shape index (κ3) is 3.60. The van der Waals surface area contributed by atoms with Gasteiger partial charge in [0.2, 0.25) is 0 Å². The van der Waals surface area contributed by atoms with Gasteiger partial charge in [-0.25, -0.2) is 0 Å². The Hall–Kier alpha value is -1.36. The molecule has 3 rings (SSSR count). The van der Waals surface area contributed by atoms with Gasteiger partial charge in [0.05, 0.1) is 6.04 Å². The van der Waals surface area contributed by atoms with E-state index in [1.165, 1.54) is 0 Å². The summed E-state index contributed by atoms with van der Waals surface area (Å²) >= 11 is 9.68. The molecule has 0 radical (unpaired) electrons. The van der Waals surface area contributed by atoms with Crippen molar-refractivity contribution in [3.05, 3.63) is 69.2 Å². The van der Waals surface area contributed by atoms with Gasteiger partial charge < -0.3 is 5.11 Å². The minimum atomic E-state index is -0.760. The minimum Gasteiger partial charge on any atom is -0.480 e. The molecule has 1 aliphatic heterocycles. The number of hydrogen-bond acceptors (Lipinski definition) is 2. The molecule has 0 saturated carbocycles. The first-order chi connectivity index (χ1) is 11.1. The van der Waals surface area contributed by atoms with Crippen molar-refractivity contribution >= 4 is 33.5 Å². The maximum Gasteiger partial charge on any atom is 0.320 e. The summed E-state index contributed by atoms with van der Waals surface area (Å²) in [5.41, 5.74) is 2.08. The number of carboxylic acid groups (broad SMARTS) is 1. The lowest BCUT2D eigenvalue weighted by atomic mass is 9.96. The summed E-state index contributed by atoms with van der Waals surface area (Å²) in [6.45, 7) is 0.765. The number of halogens is 2. The zero-order valence-electron chi connectivity index (χ0n) is 12.5. The minimum absolute atomic E-state index is 0.116. The zero-order chi connectivity index (χ0) is 16.4. The standard InChI is InChI=1S/C18H17BrClNO2/c19-14-6-1-4-12(10-14)17(13-5-2-7-15(20)11-13)21-9-3-8-16(21)18(22)23/h1-2,4-7,10-11,16-17H,3,8-9H2,(H,22,23). The summed E-state index contributed by atoms with van der Waals surface area (Å²) in [4.78, 5) is 13.7. The van der Waals surface area contributed by atoms with Gasteiger partial charge in [0.25, 0.3) is 0 Å². The topological polar surface area (TPSA) is 40.5 Å². The van der Waals surface area contributed by atoms with Crippen LogP contribution in [0.2, 0.25) is 5.02 Å². The molecule has 0 aromatic heterocycles. The third-order valence-electron chi connectivity index (χ3n) is 4.24. The predicted molar refractivity (Wildman–Crippen MR) is 94.8 cm³/mol. The van der Waals surface area contributed by atoms with Crippen LogP contribution in [-0.4, -0.2) is 28.6 Å². The smallest absolute Gasteiger partial charge is 0.320 e. The molecule has 0 aliphatic carbocycles. The summed E-state index contributed by atoms with van der Waals surface area (Å²) < 4.78 is 0.980. The fourth-order valence-electron chi connectivity index (χ4n) is 3.29. The van der Waals surface area contributed by atoms with Gasteiger partial charge >= 0.3 is 5.97 Å². The van der Waals surface area contributed by atoms with E-state index in [4.69, 9.17) is 11.6 Å². The van der Waals surface area contributed by atoms with E-state index < -0.39 is 12.0 Å². The van der Waals surface area contributed by atoms with E-state index >= 15 is 0 Å². The van der Waals surface area contributed by atoms with Crippen LogP contribution in [0.4, 0.5) is 0 Å². The Morgan fingerprint density at radius 2 is 1.91 bits per heavy atom. The molecule has 1 saturated heterocycles. The van der Waals surface area contributed by atoms with Crippen LogP contribution in [0.25, 0.3) is 0 Å². The lowest BCUT2D eigenvalue weighted by molar-refractivity contribution is -0.142. The summed E-state index contributed by atoms with van der Waals surface area (Å²) in [6, 6.07) is 15.1. The molecule has 1 aliphatic rings. The lowest BCUT2D eigenvalue weighted by Gasteiger charge is -2.32. The molecule has 0 amide bonds. The van der Waals surface area contributed by atoms with Crippen LogP contribution < -0.4 is 0 Å². The van der Waals surface area contributed by atoms with Crippen molar-refractivity contribution in [3.8, 4) is 0 Å². The first-order valence-electron chi connectivity index (χ1n) is 7.56. The number of likely N-dealkylation sites (tertiary alicyclic amines) is 1. The Labute approximate surface area is 149 Å². The van der Waals surface area contributed by atoms with Crippen LogP contribution in [-0.2, 0) is 4.79 Å². The summed E-state index contributed by atoms with van der Waals surface area (Å²) in [5.74, 6) is -0.760. The SMILES string of the molecule is O=C(O)C1CCCN1C(c1cccc(Cl)c1)c1cccc(Br)c1. The molecule has 2 aromatic rings. The molecule has 2 aromatic carbocycles. The average molecular weight is 395 g/mol. The van der Waals surface area contributed by atoms with Gasteiger partial charge in [0.15, 0.2) is 0 Å². The van der Waals surface area contributed by atoms with Crippen LogP contribution >= 0.6 is 27.5 Å². The Balaban J connectivity index is 2.08. The quantitative estimate of drug-likeness (QED) is 0.814. The van der Waals surface area contributed by atoms with E-state index in [0.717, 1.165) is 28.6 Å². The summed E-state index contributed by atoms with van der Waals surface area (Å²) in [7, 11) is 0. The number of aliphatic carboxylic acids is 1. The summed E-state index contributed by atoms with van der Waals surface area (Å²) in [5, 5.41) is 10.2. The molecule has 0 bridgehead atoms. The second-order valence-electron chi connectivity index (χ2n) is 5.75. The van der Waals surface area contributed by atoms with Gasteiger partial charge in [-0.05, 0) is 48.2 Å². The Bertz CT molecular complexity index is 676. The van der Waals surface area contributed by atoms with Gasteiger partial charge in [0.1, 0.15) is 6.04 Å². The molecular weight excluding hydrogens is 378 g/mol. The Morgan fingerprint density at radius 3 is 2.57 bits per heavy atom. The zero-order valence-corrected chi connectivity index (χ0v) is 14.8. The Morgan fingerprint density at radius 1 is 1.22 bits per heavy atom. The van der Waals surface area contributed by atoms with Crippen molar-refractivity contribution in [3.63, 3.8) is 0 Å². The van der Waals surface area contributed by atoms with E-state index in [0.29, 0.717) is 11.4 Å². The van der Waals surface area contributed by atoms with E-state index in [1.54, 1.807) is 0 Å². The van der Waals surface area contributed by atoms with Crippen LogP contribution in [0.5, 0.6) is 0 Å². The second kappa shape index (κ2) is 7.04. The van der Waals surface area contributed by atoms with Crippen molar-refractivity contribution in [1.82, 2.24) is 4.90 Å². The molecule has 2 unspecified atom stereocenters. The number of carbonyl (C=O) groups is 1. The maximum absolute atomic E-state index is 11.6. The molecule has 3 nitrogen and oxygen atoms in total. The van der Waals surface area contributed by atoms with Crippen molar-refractivity contribution in [2.75, 3.05) is 6.54 Å². The Kier molecular flexibility index (Phi) is 5.05. The highest BCUT2D eigenvalue weighted by Gasteiger charge is 2.36. The van der Waals surface area contributed by atoms with Crippen molar-refractivity contribution in [2.45, 2.75) is 24.9 Å². The van der Waals surface area contributed by atoms with Crippen molar-refractivity contribution < 1.29 is 9.90 Å². The van der Waals surface area contributed by atoms with E-state index in [1.807, 2.05) is 48.5 Å². The lowest BCUT2D eigenvalue weighted by Crippen LogP contribution is -2.39. The van der Waals surface area contributed by atoms with Crippen LogP contribution in [0.1, 0.15) is 30.0 Å². The molecule has 23 heavy (non-hydrogen) atoms. The average Bonchev–Trinajstić information content (AvgIpc) is 2.97. The van der Waals surface area contributed by atoms with E-state index in [2.05, 4.69) is 20.8 Å². The van der Waals surface area contributed by atoms with Gasteiger partial charge in [-0.1, -0.05) is 51.8 Å². The monoisotopic (exact) mass is 393 g/mol. The first kappa shape index (κ1) is 16.5. The molecule has 1 N–H and O–H groups in total. The predicted octanol–water partition coefficient (Wildman–Crippen LogP) is 4.74. The van der Waals surface area contributed by atoms with Gasteiger partial charge in [-0.2, -0.15) is 0 Å². The van der Waals surface area contributed by atoms with Gasteiger partial charge in [-0.15, -0.1) is 0 Å². The molecule has 120 valence electrons. The van der Waals surface area contributed by atoms with Gasteiger partial charge in [-0.3, -0.25) is 9.69 Å². The molecule has 1 heterocycles. The fourth-order valence-corrected chi connectivity index (χ4v) is 3.91. The number of carboxylic acids is 1. The second-order valence-corrected chi connectivity index (χ2v) is 7.10. The highest BCUT2D eigenvalue weighted by atomic mass is 79.9. The number of rotatable bonds is 4. The maximum atomic E-state index is 11.6. The fraction of sp³-hybridized carbons (Fsp3) is 0.278. The number of hydrogen-bond donors (Lipinski definition) is 1. The summed E-state index contributed by atoms with van der Waals surface area (Å²) in [6.07, 6.45) is 1.57. The van der Waals surface area contributed by atoms with E-state index in [-0.39, 0.29) is 6.04 Å². The highest BCUT2D eigenvalue weighted by molar-refractivity contribution is 9.10. The van der Waals surface area contributed by atoms with Crippen molar-refractivity contribution in [2.24, 2.45) is 0 Å². The van der Waals surface area contributed by atoms with Gasteiger partial charge in [0, 0.05) is 16.0 Å². The third-order valence-corrected chi connectivity index (χ3v) is 4.97. The van der Waals surface area contributed by atoms with Crippen LogP contribution in [0.3, 0.4) is 0 Å². The number of benzene rings is 2. The number of nitrogens with zero attached hydrogens (tertiary/aromatic N) is 1.